The molecule has 34 heavy (non-hydrogen) atoms. The number of para-hydroxylation sites is 1. The highest BCUT2D eigenvalue weighted by molar-refractivity contribution is 7.90. The Balaban J connectivity index is 1.33. The fourth-order valence-electron chi connectivity index (χ4n) is 3.19. The lowest BCUT2D eigenvalue weighted by Gasteiger charge is -2.10. The minimum atomic E-state index is -3.55. The number of hydrogen-bond donors (Lipinski definition) is 2. The number of ether oxygens (including phenoxy) is 1. The molecule has 4 rings (SSSR count). The second-order valence-electron chi connectivity index (χ2n) is 7.51. The zero-order chi connectivity index (χ0) is 23.8. The molecule has 0 saturated carbocycles. The minimum absolute atomic E-state index is 0.142. The molecule has 7 nitrogen and oxygen atoms in total. The summed E-state index contributed by atoms with van der Waals surface area (Å²) in [5.41, 5.74) is 2.01. The molecular formula is C26H23N3O4S. The molecule has 0 spiro atoms. The topological polar surface area (TPSA) is 97.4 Å². The molecular weight excluding hydrogens is 450 g/mol. The van der Waals surface area contributed by atoms with Crippen molar-refractivity contribution in [3.05, 3.63) is 115 Å². The quantitative estimate of drug-likeness (QED) is 0.368. The summed E-state index contributed by atoms with van der Waals surface area (Å²) in [6, 6.07) is 25.7. The first-order valence-electron chi connectivity index (χ1n) is 10.6. The van der Waals surface area contributed by atoms with Gasteiger partial charge >= 0.3 is 6.03 Å². The van der Waals surface area contributed by atoms with E-state index in [4.69, 9.17) is 4.74 Å². The van der Waals surface area contributed by atoms with E-state index >= 15 is 0 Å². The molecule has 1 heterocycles. The number of nitrogens with zero attached hydrogens (tertiary/aromatic N) is 1. The Morgan fingerprint density at radius 1 is 0.794 bits per heavy atom. The predicted octanol–water partition coefficient (Wildman–Crippen LogP) is 5.17. The number of pyridine rings is 1. The van der Waals surface area contributed by atoms with Crippen LogP contribution in [0.15, 0.2) is 108 Å². The number of hydrogen-bond acceptors (Lipinski definition) is 5. The van der Waals surface area contributed by atoms with Gasteiger partial charge in [0.15, 0.2) is 9.84 Å². The highest BCUT2D eigenvalue weighted by Gasteiger charge is 2.16. The van der Waals surface area contributed by atoms with E-state index in [1.165, 1.54) is 12.1 Å². The van der Waals surface area contributed by atoms with E-state index < -0.39 is 15.9 Å². The summed E-state index contributed by atoms with van der Waals surface area (Å²) >= 11 is 0. The van der Waals surface area contributed by atoms with Gasteiger partial charge in [-0.15, -0.1) is 0 Å². The van der Waals surface area contributed by atoms with Crippen LogP contribution in [-0.2, 0) is 22.1 Å². The molecule has 0 atom stereocenters. The molecule has 0 radical (unpaired) electrons. The maximum Gasteiger partial charge on any atom is 0.319 e. The summed E-state index contributed by atoms with van der Waals surface area (Å²) < 4.78 is 31.4. The second kappa shape index (κ2) is 10.6. The molecule has 1 aromatic heterocycles. The van der Waals surface area contributed by atoms with Crippen LogP contribution in [0.25, 0.3) is 0 Å². The van der Waals surface area contributed by atoms with Crippen LogP contribution < -0.4 is 15.4 Å². The van der Waals surface area contributed by atoms with E-state index in [9.17, 15) is 13.2 Å². The highest BCUT2D eigenvalue weighted by Crippen LogP contribution is 2.23. The number of urea groups is 1. The van der Waals surface area contributed by atoms with Gasteiger partial charge in [0, 0.05) is 24.6 Å². The van der Waals surface area contributed by atoms with Gasteiger partial charge in [-0.25, -0.2) is 13.2 Å². The molecule has 3 aromatic carbocycles. The van der Waals surface area contributed by atoms with Crippen molar-refractivity contribution in [2.75, 3.05) is 5.32 Å². The zero-order valence-corrected chi connectivity index (χ0v) is 19.0. The number of sulfone groups is 1. The van der Waals surface area contributed by atoms with Crippen molar-refractivity contribution in [3.63, 3.8) is 0 Å². The first kappa shape index (κ1) is 23.0. The number of rotatable bonds is 8. The van der Waals surface area contributed by atoms with Crippen LogP contribution in [0.3, 0.4) is 0 Å². The Kier molecular flexibility index (Phi) is 7.19. The first-order valence-corrected chi connectivity index (χ1v) is 12.2. The zero-order valence-electron chi connectivity index (χ0n) is 18.2. The molecule has 2 amide bonds. The molecule has 0 aliphatic rings. The Morgan fingerprint density at radius 2 is 1.50 bits per heavy atom. The standard InChI is InChI=1S/C26H23N3O4S/c30-26(28-18-21-5-4-16-27-17-21)29-22-10-14-25(15-11-22)34(31,32)19-20-8-12-24(13-9-20)33-23-6-2-1-3-7-23/h1-17H,18-19H2,(H2,28,29,30). The van der Waals surface area contributed by atoms with Crippen LogP contribution in [0.5, 0.6) is 11.5 Å². The average molecular weight is 474 g/mol. The van der Waals surface area contributed by atoms with Crippen LogP contribution >= 0.6 is 0 Å². The van der Waals surface area contributed by atoms with Crippen LogP contribution in [0, 0.1) is 0 Å². The third-order valence-electron chi connectivity index (χ3n) is 4.91. The molecule has 0 unspecified atom stereocenters. The molecule has 0 aliphatic carbocycles. The maximum atomic E-state index is 12.8. The van der Waals surface area contributed by atoms with Crippen LogP contribution in [0.2, 0.25) is 0 Å². The van der Waals surface area contributed by atoms with Crippen molar-refractivity contribution in [2.24, 2.45) is 0 Å². The highest BCUT2D eigenvalue weighted by atomic mass is 32.2. The van der Waals surface area contributed by atoms with E-state index in [1.807, 2.05) is 36.4 Å². The van der Waals surface area contributed by atoms with Gasteiger partial charge in [0.05, 0.1) is 10.6 Å². The first-order chi connectivity index (χ1) is 16.5. The van der Waals surface area contributed by atoms with E-state index in [0.717, 1.165) is 5.56 Å². The van der Waals surface area contributed by atoms with E-state index in [0.29, 0.717) is 29.3 Å². The summed E-state index contributed by atoms with van der Waals surface area (Å²) in [4.78, 5) is 16.3. The lowest BCUT2D eigenvalue weighted by atomic mass is 10.2. The van der Waals surface area contributed by atoms with Gasteiger partial charge in [0.2, 0.25) is 0 Å². The van der Waals surface area contributed by atoms with Crippen molar-refractivity contribution < 1.29 is 17.9 Å². The van der Waals surface area contributed by atoms with Crippen LogP contribution in [0.4, 0.5) is 10.5 Å². The molecule has 8 heteroatoms. The van der Waals surface area contributed by atoms with E-state index in [2.05, 4.69) is 15.6 Å². The summed E-state index contributed by atoms with van der Waals surface area (Å²) in [5, 5.41) is 5.41. The molecule has 4 aromatic rings. The Morgan fingerprint density at radius 3 is 2.18 bits per heavy atom. The smallest absolute Gasteiger partial charge is 0.319 e. The third kappa shape index (κ3) is 6.43. The summed E-state index contributed by atoms with van der Waals surface area (Å²) in [7, 11) is -3.55. The lowest BCUT2D eigenvalue weighted by molar-refractivity contribution is 0.251. The largest absolute Gasteiger partial charge is 0.457 e. The van der Waals surface area contributed by atoms with Crippen LogP contribution in [0.1, 0.15) is 11.1 Å². The van der Waals surface area contributed by atoms with Gasteiger partial charge in [0.25, 0.3) is 0 Å². The SMILES string of the molecule is O=C(NCc1cccnc1)Nc1ccc(S(=O)(=O)Cc2ccc(Oc3ccccc3)cc2)cc1. The normalized spacial score (nSPS) is 10.9. The van der Waals surface area contributed by atoms with Crippen molar-refractivity contribution in [1.29, 1.82) is 0 Å². The molecule has 0 fully saturated rings. The molecule has 2 N–H and O–H groups in total. The van der Waals surface area contributed by atoms with Gasteiger partial charge in [-0.1, -0.05) is 36.4 Å². The summed E-state index contributed by atoms with van der Waals surface area (Å²) in [6.07, 6.45) is 3.33. The number of amides is 2. The van der Waals surface area contributed by atoms with Gasteiger partial charge in [0.1, 0.15) is 11.5 Å². The maximum absolute atomic E-state index is 12.8. The van der Waals surface area contributed by atoms with Gasteiger partial charge < -0.3 is 15.4 Å². The number of carbonyl (C=O) groups excluding carboxylic acids is 1. The number of aromatic nitrogens is 1. The Labute approximate surface area is 198 Å². The Hall–Kier alpha value is -4.17. The van der Waals surface area contributed by atoms with Crippen LogP contribution in [-0.4, -0.2) is 19.4 Å². The fourth-order valence-corrected chi connectivity index (χ4v) is 4.54. The molecule has 172 valence electrons. The second-order valence-corrected chi connectivity index (χ2v) is 9.50. The number of nitrogens with one attached hydrogen (secondary N) is 2. The number of benzene rings is 3. The third-order valence-corrected chi connectivity index (χ3v) is 6.61. The monoisotopic (exact) mass is 473 g/mol. The van der Waals surface area contributed by atoms with Gasteiger partial charge in [-0.3, -0.25) is 4.98 Å². The number of anilines is 1. The fraction of sp³-hybridized carbons (Fsp3) is 0.0769. The minimum Gasteiger partial charge on any atom is -0.457 e. The van der Waals surface area contributed by atoms with Gasteiger partial charge in [-0.05, 0) is 65.7 Å². The predicted molar refractivity (Wildman–Crippen MR) is 130 cm³/mol. The van der Waals surface area contributed by atoms with Crippen molar-refractivity contribution in [2.45, 2.75) is 17.2 Å². The average Bonchev–Trinajstić information content (AvgIpc) is 2.85. The number of carbonyl (C=O) groups is 1. The summed E-state index contributed by atoms with van der Waals surface area (Å²) in [6.45, 7) is 0.335. The van der Waals surface area contributed by atoms with Crippen molar-refractivity contribution in [3.8, 4) is 11.5 Å². The van der Waals surface area contributed by atoms with Crippen molar-refractivity contribution in [1.82, 2.24) is 10.3 Å². The Bertz CT molecular complexity index is 1330. The molecule has 0 bridgehead atoms. The summed E-state index contributed by atoms with van der Waals surface area (Å²) in [5.74, 6) is 1.20. The van der Waals surface area contributed by atoms with E-state index in [-0.39, 0.29) is 10.6 Å². The molecule has 0 saturated heterocycles. The molecule has 0 aliphatic heterocycles. The van der Waals surface area contributed by atoms with Gasteiger partial charge in [-0.2, -0.15) is 0 Å². The lowest BCUT2D eigenvalue weighted by Crippen LogP contribution is -2.28. The van der Waals surface area contributed by atoms with Crippen molar-refractivity contribution >= 4 is 21.6 Å². The van der Waals surface area contributed by atoms with E-state index in [1.54, 1.807) is 54.9 Å².